The molecule has 7 nitrogen and oxygen atoms in total. The molecule has 0 spiro atoms. The van der Waals surface area contributed by atoms with Crippen LogP contribution in [0.2, 0.25) is 0 Å². The summed E-state index contributed by atoms with van der Waals surface area (Å²) in [5.41, 5.74) is 1.29. The first-order valence-corrected chi connectivity index (χ1v) is 12.5. The maximum atomic E-state index is 12.5. The molecule has 7 heteroatoms. The van der Waals surface area contributed by atoms with Gasteiger partial charge in [0.25, 0.3) is 5.69 Å². The standard InChI is InChI=1S/C30H31NO6/c1-2-3-4-5-6-7-21-36-27-16-14-25(15-17-27)30(33)37-28-18-12-24(13-19-28)29(32)20-11-23-9-8-10-26(22-23)31(34)35/h8-20,22H,2-7,21H2,1H3/b20-11+. The van der Waals surface area contributed by atoms with Gasteiger partial charge in [-0.2, -0.15) is 0 Å². The number of hydrogen-bond donors (Lipinski definition) is 0. The molecular formula is C30H31NO6. The van der Waals surface area contributed by atoms with Crippen LogP contribution in [-0.2, 0) is 0 Å². The second-order valence-electron chi connectivity index (χ2n) is 8.60. The number of non-ortho nitro benzene ring substituents is 1. The average molecular weight is 502 g/mol. The number of carbonyl (C=O) groups excluding carboxylic acids is 2. The second kappa shape index (κ2) is 14.3. The van der Waals surface area contributed by atoms with Crippen molar-refractivity contribution < 1.29 is 24.0 Å². The van der Waals surface area contributed by atoms with Gasteiger partial charge in [-0.25, -0.2) is 4.79 Å². The number of allylic oxidation sites excluding steroid dienone is 1. The van der Waals surface area contributed by atoms with E-state index in [2.05, 4.69) is 6.92 Å². The summed E-state index contributed by atoms with van der Waals surface area (Å²) in [6.45, 7) is 2.86. The van der Waals surface area contributed by atoms with E-state index in [4.69, 9.17) is 9.47 Å². The van der Waals surface area contributed by atoms with Gasteiger partial charge in [0.15, 0.2) is 5.78 Å². The highest BCUT2D eigenvalue weighted by Crippen LogP contribution is 2.19. The molecule has 0 unspecified atom stereocenters. The average Bonchev–Trinajstić information content (AvgIpc) is 2.92. The van der Waals surface area contributed by atoms with E-state index in [1.165, 1.54) is 50.0 Å². The third-order valence-electron chi connectivity index (χ3n) is 5.71. The van der Waals surface area contributed by atoms with Crippen LogP contribution in [-0.4, -0.2) is 23.3 Å². The Kier molecular flexibility index (Phi) is 10.6. The summed E-state index contributed by atoms with van der Waals surface area (Å²) in [5.74, 6) is 0.242. The van der Waals surface area contributed by atoms with Crippen LogP contribution in [0.5, 0.6) is 11.5 Å². The molecule has 3 rings (SSSR count). The zero-order valence-electron chi connectivity index (χ0n) is 20.9. The van der Waals surface area contributed by atoms with Gasteiger partial charge >= 0.3 is 5.97 Å². The number of unbranched alkanes of at least 4 members (excludes halogenated alkanes) is 5. The van der Waals surface area contributed by atoms with Gasteiger partial charge in [-0.05, 0) is 66.6 Å². The summed E-state index contributed by atoms with van der Waals surface area (Å²) in [7, 11) is 0. The van der Waals surface area contributed by atoms with Crippen molar-refractivity contribution in [2.24, 2.45) is 0 Å². The van der Waals surface area contributed by atoms with Crippen molar-refractivity contribution in [1.82, 2.24) is 0 Å². The lowest BCUT2D eigenvalue weighted by atomic mass is 10.1. The highest BCUT2D eigenvalue weighted by molar-refractivity contribution is 6.06. The van der Waals surface area contributed by atoms with Crippen LogP contribution in [0.3, 0.4) is 0 Å². The van der Waals surface area contributed by atoms with Crippen molar-refractivity contribution in [3.05, 3.63) is 106 Å². The number of esters is 1. The molecule has 0 amide bonds. The van der Waals surface area contributed by atoms with Crippen LogP contribution in [0.25, 0.3) is 6.08 Å². The number of rotatable bonds is 14. The Hall–Kier alpha value is -4.26. The molecule has 0 N–H and O–H groups in total. The Morgan fingerprint density at radius 2 is 1.49 bits per heavy atom. The van der Waals surface area contributed by atoms with Gasteiger partial charge in [-0.15, -0.1) is 0 Å². The molecule has 0 saturated heterocycles. The van der Waals surface area contributed by atoms with E-state index in [-0.39, 0.29) is 11.5 Å². The maximum Gasteiger partial charge on any atom is 0.343 e. The van der Waals surface area contributed by atoms with Gasteiger partial charge in [0, 0.05) is 17.7 Å². The largest absolute Gasteiger partial charge is 0.494 e. The first-order chi connectivity index (χ1) is 18.0. The van der Waals surface area contributed by atoms with Gasteiger partial charge in [0.2, 0.25) is 0 Å². The van der Waals surface area contributed by atoms with Gasteiger partial charge < -0.3 is 9.47 Å². The van der Waals surface area contributed by atoms with Crippen LogP contribution in [0.4, 0.5) is 5.69 Å². The predicted molar refractivity (Wildman–Crippen MR) is 143 cm³/mol. The second-order valence-corrected chi connectivity index (χ2v) is 8.60. The van der Waals surface area contributed by atoms with E-state index >= 15 is 0 Å². The maximum absolute atomic E-state index is 12.5. The molecule has 0 aliphatic heterocycles. The Morgan fingerprint density at radius 3 is 2.19 bits per heavy atom. The van der Waals surface area contributed by atoms with Gasteiger partial charge in [-0.1, -0.05) is 57.2 Å². The fourth-order valence-electron chi connectivity index (χ4n) is 3.62. The molecule has 0 aliphatic carbocycles. The topological polar surface area (TPSA) is 95.7 Å². The molecule has 0 bridgehead atoms. The van der Waals surface area contributed by atoms with Crippen molar-refractivity contribution in [3.8, 4) is 11.5 Å². The molecule has 0 aromatic heterocycles. The van der Waals surface area contributed by atoms with Crippen molar-refractivity contribution in [3.63, 3.8) is 0 Å². The zero-order valence-corrected chi connectivity index (χ0v) is 20.9. The van der Waals surface area contributed by atoms with E-state index in [0.717, 1.165) is 12.8 Å². The van der Waals surface area contributed by atoms with E-state index < -0.39 is 10.9 Å². The lowest BCUT2D eigenvalue weighted by molar-refractivity contribution is -0.384. The number of nitro benzene ring substituents is 1. The molecular weight excluding hydrogens is 470 g/mol. The number of nitrogens with zero attached hydrogens (tertiary/aromatic N) is 1. The van der Waals surface area contributed by atoms with Crippen molar-refractivity contribution in [2.45, 2.75) is 45.4 Å². The van der Waals surface area contributed by atoms with Gasteiger partial charge in [0.05, 0.1) is 17.1 Å². The van der Waals surface area contributed by atoms with Gasteiger partial charge in [0.1, 0.15) is 11.5 Å². The minimum atomic E-state index is -0.507. The quantitative estimate of drug-likeness (QED) is 0.0433. The van der Waals surface area contributed by atoms with Gasteiger partial charge in [-0.3, -0.25) is 14.9 Å². The number of ether oxygens (including phenoxy) is 2. The molecule has 0 fully saturated rings. The SMILES string of the molecule is CCCCCCCCOc1ccc(C(=O)Oc2ccc(C(=O)/C=C/c3cccc([N+](=O)[O-])c3)cc2)cc1. The van der Waals surface area contributed by atoms with Crippen molar-refractivity contribution in [2.75, 3.05) is 6.61 Å². The van der Waals surface area contributed by atoms with Crippen LogP contribution >= 0.6 is 0 Å². The molecule has 0 radical (unpaired) electrons. The van der Waals surface area contributed by atoms with E-state index in [0.29, 0.717) is 34.8 Å². The van der Waals surface area contributed by atoms with Crippen LogP contribution < -0.4 is 9.47 Å². The lowest BCUT2D eigenvalue weighted by Gasteiger charge is -2.08. The molecule has 3 aromatic rings. The number of carbonyl (C=O) groups is 2. The Bertz CT molecular complexity index is 1220. The monoisotopic (exact) mass is 501 g/mol. The fourth-order valence-corrected chi connectivity index (χ4v) is 3.62. The van der Waals surface area contributed by atoms with E-state index in [1.54, 1.807) is 60.7 Å². The normalized spacial score (nSPS) is 10.8. The summed E-state index contributed by atoms with van der Waals surface area (Å²) in [6, 6.07) is 19.0. The number of benzene rings is 3. The fraction of sp³-hybridized carbons (Fsp3) is 0.267. The first kappa shape index (κ1) is 27.3. The third kappa shape index (κ3) is 9.04. The summed E-state index contributed by atoms with van der Waals surface area (Å²) in [6.07, 6.45) is 10.0. The van der Waals surface area contributed by atoms with E-state index in [9.17, 15) is 19.7 Å². The lowest BCUT2D eigenvalue weighted by Crippen LogP contribution is -2.08. The molecule has 37 heavy (non-hydrogen) atoms. The molecule has 192 valence electrons. The summed E-state index contributed by atoms with van der Waals surface area (Å²) in [4.78, 5) is 35.3. The van der Waals surface area contributed by atoms with Crippen molar-refractivity contribution >= 4 is 23.5 Å². The molecule has 0 atom stereocenters. The van der Waals surface area contributed by atoms with Crippen molar-refractivity contribution in [1.29, 1.82) is 0 Å². The smallest absolute Gasteiger partial charge is 0.343 e. The number of nitro groups is 1. The molecule has 0 aliphatic rings. The highest BCUT2D eigenvalue weighted by atomic mass is 16.6. The minimum absolute atomic E-state index is 0.0453. The summed E-state index contributed by atoms with van der Waals surface area (Å²) < 4.78 is 11.2. The van der Waals surface area contributed by atoms with E-state index in [1.807, 2.05) is 0 Å². The van der Waals surface area contributed by atoms with Crippen LogP contribution in [0, 0.1) is 10.1 Å². The molecule has 0 heterocycles. The minimum Gasteiger partial charge on any atom is -0.494 e. The van der Waals surface area contributed by atoms with Crippen LogP contribution in [0.1, 0.15) is 71.7 Å². The Morgan fingerprint density at radius 1 is 0.838 bits per heavy atom. The first-order valence-electron chi connectivity index (χ1n) is 12.5. The summed E-state index contributed by atoms with van der Waals surface area (Å²) in [5, 5.41) is 10.9. The molecule has 3 aromatic carbocycles. The Balaban J connectivity index is 1.47. The highest BCUT2D eigenvalue weighted by Gasteiger charge is 2.10. The Labute approximate surface area is 216 Å². The predicted octanol–water partition coefficient (Wildman–Crippen LogP) is 7.45. The molecule has 0 saturated carbocycles. The number of hydrogen-bond acceptors (Lipinski definition) is 6. The third-order valence-corrected chi connectivity index (χ3v) is 5.71. The summed E-state index contributed by atoms with van der Waals surface area (Å²) >= 11 is 0. The zero-order chi connectivity index (χ0) is 26.5. The van der Waals surface area contributed by atoms with Crippen LogP contribution in [0.15, 0.2) is 78.9 Å². The number of ketones is 1.